The van der Waals surface area contributed by atoms with Gasteiger partial charge >= 0.3 is 0 Å². The van der Waals surface area contributed by atoms with E-state index < -0.39 is 0 Å². The van der Waals surface area contributed by atoms with E-state index in [1.165, 1.54) is 5.56 Å². The number of nitro groups is 1. The quantitative estimate of drug-likeness (QED) is 0.604. The summed E-state index contributed by atoms with van der Waals surface area (Å²) in [7, 11) is 0. The minimum Gasteiger partial charge on any atom is -0.358 e. The number of fused-ring (bicyclic) bond motifs is 1. The fourth-order valence-corrected chi connectivity index (χ4v) is 1.85. The first kappa shape index (κ1) is 9.71. The molecule has 4 heteroatoms. The number of aryl methyl sites for hydroxylation is 2. The van der Waals surface area contributed by atoms with Crippen LogP contribution in [0, 0.1) is 17.0 Å². The Morgan fingerprint density at radius 3 is 2.80 bits per heavy atom. The van der Waals surface area contributed by atoms with Crippen LogP contribution in [0.4, 0.5) is 5.69 Å². The zero-order valence-corrected chi connectivity index (χ0v) is 8.70. The van der Waals surface area contributed by atoms with E-state index in [-0.39, 0.29) is 10.6 Å². The lowest BCUT2D eigenvalue weighted by Gasteiger charge is -1.92. The highest BCUT2D eigenvalue weighted by atomic mass is 16.6. The molecule has 2 aromatic rings. The fraction of sp³-hybridized carbons (Fsp3) is 0.273. The summed E-state index contributed by atoms with van der Waals surface area (Å²) in [6.45, 7) is 4.09. The predicted molar refractivity (Wildman–Crippen MR) is 59.1 cm³/mol. The lowest BCUT2D eigenvalue weighted by molar-refractivity contribution is -0.384. The van der Waals surface area contributed by atoms with Crippen molar-refractivity contribution in [3.63, 3.8) is 0 Å². The monoisotopic (exact) mass is 204 g/mol. The summed E-state index contributed by atoms with van der Waals surface area (Å²) < 4.78 is 0. The second-order valence-electron chi connectivity index (χ2n) is 3.57. The molecule has 4 nitrogen and oxygen atoms in total. The number of nitro benzene ring substituents is 1. The largest absolute Gasteiger partial charge is 0.358 e. The number of benzene rings is 1. The molecule has 0 aliphatic rings. The van der Waals surface area contributed by atoms with Gasteiger partial charge in [0.05, 0.1) is 10.4 Å². The molecule has 1 N–H and O–H groups in total. The van der Waals surface area contributed by atoms with Crippen LogP contribution in [0.1, 0.15) is 18.2 Å². The molecule has 15 heavy (non-hydrogen) atoms. The molecular formula is C11H12N2O2. The van der Waals surface area contributed by atoms with E-state index in [0.717, 1.165) is 23.0 Å². The summed E-state index contributed by atoms with van der Waals surface area (Å²) in [5.74, 6) is 0. The number of hydrogen-bond donors (Lipinski definition) is 1. The standard InChI is InChI=1S/C11H12N2O2/c1-3-10-7(2)9-5-4-8(13(14)15)6-11(9)12-10/h4-6,12H,3H2,1-2H3. The first-order valence-electron chi connectivity index (χ1n) is 4.89. The highest BCUT2D eigenvalue weighted by Crippen LogP contribution is 2.25. The van der Waals surface area contributed by atoms with Crippen molar-refractivity contribution in [2.75, 3.05) is 0 Å². The summed E-state index contributed by atoms with van der Waals surface area (Å²) in [5.41, 5.74) is 3.30. The smallest absolute Gasteiger partial charge is 0.271 e. The summed E-state index contributed by atoms with van der Waals surface area (Å²) >= 11 is 0. The Kier molecular flexibility index (Phi) is 2.19. The number of rotatable bonds is 2. The number of aromatic nitrogens is 1. The maximum Gasteiger partial charge on any atom is 0.271 e. The molecule has 0 bridgehead atoms. The molecule has 0 fully saturated rings. The van der Waals surface area contributed by atoms with Gasteiger partial charge in [-0.2, -0.15) is 0 Å². The maximum absolute atomic E-state index is 10.6. The van der Waals surface area contributed by atoms with E-state index in [9.17, 15) is 10.1 Å². The van der Waals surface area contributed by atoms with E-state index in [1.807, 2.05) is 6.92 Å². The van der Waals surface area contributed by atoms with Gasteiger partial charge < -0.3 is 4.98 Å². The molecule has 1 aromatic carbocycles. The minimum atomic E-state index is -0.374. The Labute approximate surface area is 87.1 Å². The number of non-ortho nitro benzene ring substituents is 1. The van der Waals surface area contributed by atoms with Crippen molar-refractivity contribution in [1.82, 2.24) is 4.98 Å². The first-order valence-corrected chi connectivity index (χ1v) is 4.89. The predicted octanol–water partition coefficient (Wildman–Crippen LogP) is 2.95. The Morgan fingerprint density at radius 2 is 2.20 bits per heavy atom. The molecule has 0 spiro atoms. The van der Waals surface area contributed by atoms with Gasteiger partial charge in [-0.3, -0.25) is 10.1 Å². The zero-order chi connectivity index (χ0) is 11.0. The molecule has 0 aliphatic carbocycles. The number of nitrogens with one attached hydrogen (secondary N) is 1. The molecule has 0 saturated heterocycles. The van der Waals surface area contributed by atoms with Crippen molar-refractivity contribution in [3.8, 4) is 0 Å². The van der Waals surface area contributed by atoms with Gasteiger partial charge in [0, 0.05) is 23.2 Å². The minimum absolute atomic E-state index is 0.131. The molecule has 0 amide bonds. The maximum atomic E-state index is 10.6. The van der Waals surface area contributed by atoms with Crippen molar-refractivity contribution in [2.45, 2.75) is 20.3 Å². The highest BCUT2D eigenvalue weighted by Gasteiger charge is 2.10. The molecule has 0 unspecified atom stereocenters. The number of aromatic amines is 1. The summed E-state index contributed by atoms with van der Waals surface area (Å²) in [6.07, 6.45) is 0.911. The molecule has 78 valence electrons. The molecule has 1 aromatic heterocycles. The molecule has 0 aliphatic heterocycles. The van der Waals surface area contributed by atoms with Crippen molar-refractivity contribution >= 4 is 16.6 Å². The van der Waals surface area contributed by atoms with Crippen molar-refractivity contribution in [1.29, 1.82) is 0 Å². The summed E-state index contributed by atoms with van der Waals surface area (Å²) in [6, 6.07) is 4.93. The molecule has 0 radical (unpaired) electrons. The van der Waals surface area contributed by atoms with Crippen LogP contribution in [0.3, 0.4) is 0 Å². The van der Waals surface area contributed by atoms with Crippen molar-refractivity contribution < 1.29 is 4.92 Å². The van der Waals surface area contributed by atoms with E-state index in [0.29, 0.717) is 0 Å². The van der Waals surface area contributed by atoms with Crippen LogP contribution < -0.4 is 0 Å². The summed E-state index contributed by atoms with van der Waals surface area (Å²) in [5, 5.41) is 11.7. The van der Waals surface area contributed by atoms with Crippen LogP contribution in [0.15, 0.2) is 18.2 Å². The molecule has 1 heterocycles. The SMILES string of the molecule is CCc1[nH]c2cc([N+](=O)[O-])ccc2c1C. The Bertz CT molecular complexity index is 529. The van der Waals surface area contributed by atoms with Crippen molar-refractivity contribution in [2.24, 2.45) is 0 Å². The van der Waals surface area contributed by atoms with Gasteiger partial charge in [0.15, 0.2) is 0 Å². The molecule has 0 atom stereocenters. The molecule has 2 rings (SSSR count). The number of hydrogen-bond acceptors (Lipinski definition) is 2. The van der Waals surface area contributed by atoms with Gasteiger partial charge in [0.2, 0.25) is 0 Å². The average Bonchev–Trinajstić information content (AvgIpc) is 2.55. The second-order valence-corrected chi connectivity index (χ2v) is 3.57. The van der Waals surface area contributed by atoms with E-state index >= 15 is 0 Å². The topological polar surface area (TPSA) is 58.9 Å². The van der Waals surface area contributed by atoms with Crippen LogP contribution in [-0.2, 0) is 6.42 Å². The second kappa shape index (κ2) is 3.38. The molecular weight excluding hydrogens is 192 g/mol. The van der Waals surface area contributed by atoms with Crippen molar-refractivity contribution in [3.05, 3.63) is 39.6 Å². The lowest BCUT2D eigenvalue weighted by Crippen LogP contribution is -1.86. The van der Waals surface area contributed by atoms with Crippen LogP contribution in [0.5, 0.6) is 0 Å². The average molecular weight is 204 g/mol. The van der Waals surface area contributed by atoms with Gasteiger partial charge in [-0.15, -0.1) is 0 Å². The fourth-order valence-electron chi connectivity index (χ4n) is 1.85. The summed E-state index contributed by atoms with van der Waals surface area (Å²) in [4.78, 5) is 13.4. The van der Waals surface area contributed by atoms with Gasteiger partial charge in [0.25, 0.3) is 5.69 Å². The van der Waals surface area contributed by atoms with Crippen LogP contribution in [0.2, 0.25) is 0 Å². The van der Waals surface area contributed by atoms with Crippen LogP contribution in [-0.4, -0.2) is 9.91 Å². The van der Waals surface area contributed by atoms with Crippen LogP contribution in [0.25, 0.3) is 10.9 Å². The third-order valence-corrected chi connectivity index (χ3v) is 2.71. The Balaban J connectivity index is 2.68. The lowest BCUT2D eigenvalue weighted by atomic mass is 10.1. The van der Waals surface area contributed by atoms with Gasteiger partial charge in [0.1, 0.15) is 0 Å². The van der Waals surface area contributed by atoms with E-state index in [1.54, 1.807) is 18.2 Å². The highest BCUT2D eigenvalue weighted by molar-refractivity contribution is 5.86. The number of nitrogens with zero attached hydrogens (tertiary/aromatic N) is 1. The number of H-pyrrole nitrogens is 1. The third kappa shape index (κ3) is 1.48. The van der Waals surface area contributed by atoms with E-state index in [2.05, 4.69) is 11.9 Å². The van der Waals surface area contributed by atoms with Gasteiger partial charge in [-0.25, -0.2) is 0 Å². The first-order chi connectivity index (χ1) is 7.13. The third-order valence-electron chi connectivity index (χ3n) is 2.71. The molecule has 0 saturated carbocycles. The van der Waals surface area contributed by atoms with E-state index in [4.69, 9.17) is 0 Å². The normalized spacial score (nSPS) is 10.8. The van der Waals surface area contributed by atoms with Gasteiger partial charge in [-0.1, -0.05) is 6.92 Å². The van der Waals surface area contributed by atoms with Crippen LogP contribution >= 0.6 is 0 Å². The Hall–Kier alpha value is -1.84. The Morgan fingerprint density at radius 1 is 1.47 bits per heavy atom. The van der Waals surface area contributed by atoms with Gasteiger partial charge in [-0.05, 0) is 25.0 Å². The zero-order valence-electron chi connectivity index (χ0n) is 8.70.